The van der Waals surface area contributed by atoms with Crippen LogP contribution in [0.5, 0.6) is 0 Å². The quantitative estimate of drug-likeness (QED) is 0.803. The van der Waals surface area contributed by atoms with Crippen LogP contribution in [0.1, 0.15) is 42.6 Å². The van der Waals surface area contributed by atoms with Gasteiger partial charge in [0.1, 0.15) is 0 Å². The molecule has 1 amide bonds. The molecule has 26 heavy (non-hydrogen) atoms. The van der Waals surface area contributed by atoms with Crippen molar-refractivity contribution in [2.75, 3.05) is 11.4 Å². The summed E-state index contributed by atoms with van der Waals surface area (Å²) in [6.07, 6.45) is 1.84. The van der Waals surface area contributed by atoms with Crippen LogP contribution < -0.4 is 9.62 Å². The van der Waals surface area contributed by atoms with Crippen LogP contribution in [0.3, 0.4) is 0 Å². The largest absolute Gasteiger partial charge is 0.350 e. The molecule has 0 bridgehead atoms. The minimum Gasteiger partial charge on any atom is -0.350 e. The lowest BCUT2D eigenvalue weighted by molar-refractivity contribution is 0.0938. The van der Waals surface area contributed by atoms with Gasteiger partial charge in [-0.1, -0.05) is 31.5 Å². The van der Waals surface area contributed by atoms with Gasteiger partial charge in [-0.05, 0) is 56.2 Å². The lowest BCUT2D eigenvalue weighted by Crippen LogP contribution is -2.32. The number of hydrogen-bond donors (Lipinski definition) is 1. The molecule has 0 spiro atoms. The highest BCUT2D eigenvalue weighted by Crippen LogP contribution is 2.23. The first kappa shape index (κ1) is 20.0. The summed E-state index contributed by atoms with van der Waals surface area (Å²) < 4.78 is 27.1. The van der Waals surface area contributed by atoms with Crippen molar-refractivity contribution in [3.63, 3.8) is 0 Å². The van der Waals surface area contributed by atoms with E-state index in [0.717, 1.165) is 18.4 Å². The summed E-state index contributed by atoms with van der Waals surface area (Å²) in [6.45, 7) is 5.90. The minimum absolute atomic E-state index is 0.0442. The van der Waals surface area contributed by atoms with Crippen molar-refractivity contribution in [2.24, 2.45) is 0 Å². The lowest BCUT2D eigenvalue weighted by atomic mass is 10.1. The number of rotatable bonds is 7. The first-order chi connectivity index (χ1) is 12.3. The molecule has 1 unspecified atom stereocenters. The van der Waals surface area contributed by atoms with Crippen molar-refractivity contribution in [1.29, 1.82) is 0 Å². The van der Waals surface area contributed by atoms with E-state index in [1.165, 1.54) is 23.5 Å². The molecule has 1 atom stereocenters. The zero-order valence-electron chi connectivity index (χ0n) is 15.7. The second-order valence-electron chi connectivity index (χ2n) is 6.50. The summed E-state index contributed by atoms with van der Waals surface area (Å²) in [4.78, 5) is 12.5. The van der Waals surface area contributed by atoms with Gasteiger partial charge in [-0.25, -0.2) is 8.42 Å². The molecular formula is C20H26N2O3S. The highest BCUT2D eigenvalue weighted by atomic mass is 32.2. The van der Waals surface area contributed by atoms with E-state index in [9.17, 15) is 13.2 Å². The molecule has 6 heteroatoms. The molecule has 0 fully saturated rings. The fourth-order valence-corrected chi connectivity index (χ4v) is 3.96. The van der Waals surface area contributed by atoms with Crippen molar-refractivity contribution in [2.45, 2.75) is 44.6 Å². The van der Waals surface area contributed by atoms with Crippen molar-refractivity contribution in [1.82, 2.24) is 5.32 Å². The zero-order chi connectivity index (χ0) is 19.3. The second-order valence-corrected chi connectivity index (χ2v) is 8.47. The molecule has 0 aliphatic heterocycles. The lowest BCUT2D eigenvalue weighted by Gasteiger charge is -2.20. The van der Waals surface area contributed by atoms with E-state index < -0.39 is 10.0 Å². The Morgan fingerprint density at radius 1 is 1.15 bits per heavy atom. The molecule has 2 aromatic carbocycles. The first-order valence-corrected chi connectivity index (χ1v) is 10.2. The third kappa shape index (κ3) is 4.64. The van der Waals surface area contributed by atoms with Crippen LogP contribution >= 0.6 is 0 Å². The number of aryl methyl sites for hydroxylation is 1. The number of amides is 1. The maximum atomic E-state index is 12.9. The maximum absolute atomic E-state index is 12.9. The van der Waals surface area contributed by atoms with Gasteiger partial charge in [-0.15, -0.1) is 0 Å². The minimum atomic E-state index is -3.75. The normalized spacial score (nSPS) is 12.5. The summed E-state index contributed by atoms with van der Waals surface area (Å²) >= 11 is 0. The summed E-state index contributed by atoms with van der Waals surface area (Å²) in [7, 11) is -2.24. The second kappa shape index (κ2) is 8.36. The molecule has 0 saturated carbocycles. The molecule has 0 aliphatic carbocycles. The number of carbonyl (C=O) groups excluding carboxylic acids is 1. The van der Waals surface area contributed by atoms with Gasteiger partial charge in [0.2, 0.25) is 0 Å². The number of nitrogens with zero attached hydrogens (tertiary/aromatic N) is 1. The van der Waals surface area contributed by atoms with Crippen LogP contribution in [0.15, 0.2) is 53.4 Å². The van der Waals surface area contributed by atoms with Gasteiger partial charge in [0.05, 0.1) is 10.6 Å². The molecule has 0 heterocycles. The first-order valence-electron chi connectivity index (χ1n) is 8.72. The Labute approximate surface area is 156 Å². The predicted octanol–water partition coefficient (Wildman–Crippen LogP) is 3.74. The molecule has 0 aliphatic rings. The van der Waals surface area contributed by atoms with Gasteiger partial charge >= 0.3 is 0 Å². The number of nitrogens with one attached hydrogen (secondary N) is 1. The topological polar surface area (TPSA) is 66.5 Å². The van der Waals surface area contributed by atoms with Crippen LogP contribution in [0.25, 0.3) is 0 Å². The van der Waals surface area contributed by atoms with Gasteiger partial charge in [0, 0.05) is 18.7 Å². The fraction of sp³-hybridized carbons (Fsp3) is 0.350. The average molecular weight is 375 g/mol. The third-order valence-electron chi connectivity index (χ3n) is 4.22. The number of hydrogen-bond acceptors (Lipinski definition) is 3. The number of sulfonamides is 1. The van der Waals surface area contributed by atoms with E-state index in [1.54, 1.807) is 24.3 Å². The van der Waals surface area contributed by atoms with E-state index in [0.29, 0.717) is 11.3 Å². The van der Waals surface area contributed by atoms with Crippen LogP contribution in [0.4, 0.5) is 5.69 Å². The van der Waals surface area contributed by atoms with Crippen LogP contribution in [-0.2, 0) is 10.0 Å². The Kier molecular flexibility index (Phi) is 6.42. The van der Waals surface area contributed by atoms with E-state index in [2.05, 4.69) is 12.2 Å². The molecular weight excluding hydrogens is 348 g/mol. The summed E-state index contributed by atoms with van der Waals surface area (Å²) in [5.41, 5.74) is 1.89. The summed E-state index contributed by atoms with van der Waals surface area (Å²) in [5.74, 6) is -0.263. The highest BCUT2D eigenvalue weighted by Gasteiger charge is 2.22. The van der Waals surface area contributed by atoms with Crippen LogP contribution in [0.2, 0.25) is 0 Å². The van der Waals surface area contributed by atoms with Crippen LogP contribution in [0, 0.1) is 6.92 Å². The Morgan fingerprint density at radius 2 is 1.85 bits per heavy atom. The van der Waals surface area contributed by atoms with Crippen molar-refractivity contribution in [3.8, 4) is 0 Å². The van der Waals surface area contributed by atoms with Gasteiger partial charge in [-0.3, -0.25) is 9.10 Å². The molecule has 2 rings (SSSR count). The molecule has 0 saturated heterocycles. The van der Waals surface area contributed by atoms with Crippen LogP contribution in [-0.4, -0.2) is 27.4 Å². The third-order valence-corrected chi connectivity index (χ3v) is 6.00. The predicted molar refractivity (Wildman–Crippen MR) is 105 cm³/mol. The molecule has 0 radical (unpaired) electrons. The fourth-order valence-electron chi connectivity index (χ4n) is 2.73. The smallest absolute Gasteiger partial charge is 0.264 e. The zero-order valence-corrected chi connectivity index (χ0v) is 16.5. The van der Waals surface area contributed by atoms with Gasteiger partial charge < -0.3 is 5.32 Å². The summed E-state index contributed by atoms with van der Waals surface area (Å²) in [5, 5.41) is 2.90. The highest BCUT2D eigenvalue weighted by molar-refractivity contribution is 7.92. The molecule has 2 aromatic rings. The molecule has 5 nitrogen and oxygen atoms in total. The van der Waals surface area contributed by atoms with E-state index in [4.69, 9.17) is 0 Å². The van der Waals surface area contributed by atoms with Gasteiger partial charge in [0.15, 0.2) is 0 Å². The molecule has 1 N–H and O–H groups in total. The Balaban J connectivity index is 2.29. The summed E-state index contributed by atoms with van der Waals surface area (Å²) in [6, 6.07) is 13.5. The van der Waals surface area contributed by atoms with Gasteiger partial charge in [-0.2, -0.15) is 0 Å². The average Bonchev–Trinajstić information content (AvgIpc) is 2.61. The standard InChI is InChI=1S/C20H26N2O3S/c1-5-8-16(3)21-20(23)17-10-7-12-19(14-17)26(24,25)22(4)18-11-6-9-15(2)13-18/h6-7,9-14,16H,5,8H2,1-4H3,(H,21,23). The van der Waals surface area contributed by atoms with Crippen molar-refractivity contribution >= 4 is 21.6 Å². The van der Waals surface area contributed by atoms with E-state index in [1.807, 2.05) is 26.0 Å². The molecule has 140 valence electrons. The Bertz CT molecular complexity index is 878. The van der Waals surface area contributed by atoms with Crippen molar-refractivity contribution in [3.05, 3.63) is 59.7 Å². The SMILES string of the molecule is CCCC(C)NC(=O)c1cccc(S(=O)(=O)N(C)c2cccc(C)c2)c1. The number of benzene rings is 2. The number of anilines is 1. The monoisotopic (exact) mass is 374 g/mol. The maximum Gasteiger partial charge on any atom is 0.264 e. The Hall–Kier alpha value is -2.34. The molecule has 0 aromatic heterocycles. The number of carbonyl (C=O) groups is 1. The van der Waals surface area contributed by atoms with E-state index >= 15 is 0 Å². The Morgan fingerprint density at radius 3 is 2.50 bits per heavy atom. The van der Waals surface area contributed by atoms with E-state index in [-0.39, 0.29) is 16.8 Å². The van der Waals surface area contributed by atoms with Gasteiger partial charge in [0.25, 0.3) is 15.9 Å². The van der Waals surface area contributed by atoms with Crippen molar-refractivity contribution < 1.29 is 13.2 Å².